The van der Waals surface area contributed by atoms with Gasteiger partial charge in [-0.25, -0.2) is 0 Å². The standard InChI is InChI=1S/C10H18Br2O2/c1-8(6-11)9(7-12)14-10-4-2-3-5-13-10/h8-10H,2-7H2,1H3. The zero-order valence-corrected chi connectivity index (χ0v) is 11.7. The first-order chi connectivity index (χ1) is 6.77. The highest BCUT2D eigenvalue weighted by atomic mass is 79.9. The second kappa shape index (κ2) is 7.20. The van der Waals surface area contributed by atoms with Crippen molar-refractivity contribution in [3.05, 3.63) is 0 Å². The van der Waals surface area contributed by atoms with Crippen LogP contribution < -0.4 is 0 Å². The fourth-order valence-corrected chi connectivity index (χ4v) is 2.64. The predicted molar refractivity (Wildman–Crippen MR) is 65.2 cm³/mol. The van der Waals surface area contributed by atoms with Gasteiger partial charge in [0.05, 0.1) is 6.10 Å². The summed E-state index contributed by atoms with van der Waals surface area (Å²) in [6, 6.07) is 0. The first kappa shape index (κ1) is 12.9. The number of rotatable bonds is 5. The van der Waals surface area contributed by atoms with Crippen LogP contribution in [-0.2, 0) is 9.47 Å². The first-order valence-corrected chi connectivity index (χ1v) is 7.41. The molecule has 0 saturated carbocycles. The van der Waals surface area contributed by atoms with Crippen LogP contribution in [0.3, 0.4) is 0 Å². The molecule has 0 N–H and O–H groups in total. The molecule has 2 nitrogen and oxygen atoms in total. The smallest absolute Gasteiger partial charge is 0.158 e. The number of ether oxygens (including phenoxy) is 2. The number of alkyl halides is 2. The summed E-state index contributed by atoms with van der Waals surface area (Å²) >= 11 is 6.96. The lowest BCUT2D eigenvalue weighted by Gasteiger charge is -2.29. The molecule has 1 saturated heterocycles. The van der Waals surface area contributed by atoms with E-state index >= 15 is 0 Å². The van der Waals surface area contributed by atoms with E-state index < -0.39 is 0 Å². The van der Waals surface area contributed by atoms with Crippen LogP contribution in [0.1, 0.15) is 26.2 Å². The molecule has 0 amide bonds. The maximum atomic E-state index is 5.89. The molecule has 4 heteroatoms. The summed E-state index contributed by atoms with van der Waals surface area (Å²) < 4.78 is 11.4. The minimum absolute atomic E-state index is 0.0211. The Bertz CT molecular complexity index is 149. The quantitative estimate of drug-likeness (QED) is 0.720. The number of hydrogen-bond acceptors (Lipinski definition) is 2. The highest BCUT2D eigenvalue weighted by Crippen LogP contribution is 2.20. The molecule has 0 aliphatic carbocycles. The third kappa shape index (κ3) is 4.17. The van der Waals surface area contributed by atoms with E-state index in [0.717, 1.165) is 23.7 Å². The first-order valence-electron chi connectivity index (χ1n) is 5.17. The van der Waals surface area contributed by atoms with Gasteiger partial charge in [0.25, 0.3) is 0 Å². The molecule has 0 bridgehead atoms. The normalized spacial score (nSPS) is 27.2. The van der Waals surface area contributed by atoms with Gasteiger partial charge in [0, 0.05) is 17.3 Å². The Morgan fingerprint density at radius 1 is 1.36 bits per heavy atom. The molecule has 1 fully saturated rings. The minimum atomic E-state index is 0.0211. The van der Waals surface area contributed by atoms with Crippen LogP contribution >= 0.6 is 31.9 Å². The van der Waals surface area contributed by atoms with E-state index in [0.29, 0.717) is 5.92 Å². The topological polar surface area (TPSA) is 18.5 Å². The lowest BCUT2D eigenvalue weighted by molar-refractivity contribution is -0.190. The fourth-order valence-electron chi connectivity index (χ4n) is 1.44. The van der Waals surface area contributed by atoms with Gasteiger partial charge in [-0.1, -0.05) is 38.8 Å². The molecule has 0 radical (unpaired) electrons. The van der Waals surface area contributed by atoms with Crippen molar-refractivity contribution in [3.63, 3.8) is 0 Å². The van der Waals surface area contributed by atoms with E-state index in [4.69, 9.17) is 9.47 Å². The van der Waals surface area contributed by atoms with E-state index in [1.807, 2.05) is 0 Å². The summed E-state index contributed by atoms with van der Waals surface area (Å²) in [4.78, 5) is 0. The van der Waals surface area contributed by atoms with Crippen molar-refractivity contribution in [1.82, 2.24) is 0 Å². The number of hydrogen-bond donors (Lipinski definition) is 0. The summed E-state index contributed by atoms with van der Waals surface area (Å²) in [5.41, 5.74) is 0. The summed E-state index contributed by atoms with van der Waals surface area (Å²) in [7, 11) is 0. The highest BCUT2D eigenvalue weighted by Gasteiger charge is 2.22. The molecule has 3 unspecified atom stereocenters. The van der Waals surface area contributed by atoms with Gasteiger partial charge >= 0.3 is 0 Å². The Balaban J connectivity index is 2.30. The minimum Gasteiger partial charge on any atom is -0.353 e. The SMILES string of the molecule is CC(CBr)C(CBr)OC1CCCCO1. The average Bonchev–Trinajstić information content (AvgIpc) is 2.26. The highest BCUT2D eigenvalue weighted by molar-refractivity contribution is 9.09. The molecule has 3 atom stereocenters. The monoisotopic (exact) mass is 328 g/mol. The molecule has 1 aliphatic heterocycles. The molecule has 1 aliphatic rings. The Morgan fingerprint density at radius 3 is 2.64 bits per heavy atom. The van der Waals surface area contributed by atoms with Gasteiger partial charge < -0.3 is 9.47 Å². The Hall–Kier alpha value is 0.880. The molecular weight excluding hydrogens is 312 g/mol. The zero-order valence-electron chi connectivity index (χ0n) is 8.55. The average molecular weight is 330 g/mol. The van der Waals surface area contributed by atoms with Crippen molar-refractivity contribution >= 4 is 31.9 Å². The molecule has 0 aromatic carbocycles. The van der Waals surface area contributed by atoms with E-state index in [2.05, 4.69) is 38.8 Å². The predicted octanol–water partition coefficient (Wildman–Crippen LogP) is 3.32. The fraction of sp³-hybridized carbons (Fsp3) is 1.00. The largest absolute Gasteiger partial charge is 0.353 e. The second-order valence-corrected chi connectivity index (χ2v) is 5.05. The van der Waals surface area contributed by atoms with E-state index in [1.54, 1.807) is 0 Å². The Kier molecular flexibility index (Phi) is 6.66. The van der Waals surface area contributed by atoms with Gasteiger partial charge in [0.1, 0.15) is 0 Å². The maximum absolute atomic E-state index is 5.89. The molecule has 0 aromatic rings. The Morgan fingerprint density at radius 2 is 2.14 bits per heavy atom. The molecule has 0 spiro atoms. The van der Waals surface area contributed by atoms with Crippen molar-refractivity contribution in [1.29, 1.82) is 0 Å². The van der Waals surface area contributed by atoms with Gasteiger partial charge in [0.2, 0.25) is 0 Å². The van der Waals surface area contributed by atoms with E-state index in [-0.39, 0.29) is 12.4 Å². The Labute approximate surface area is 103 Å². The molecule has 1 heterocycles. The van der Waals surface area contributed by atoms with Crippen molar-refractivity contribution < 1.29 is 9.47 Å². The van der Waals surface area contributed by atoms with Crippen LogP contribution in [0.2, 0.25) is 0 Å². The van der Waals surface area contributed by atoms with Crippen molar-refractivity contribution in [2.45, 2.75) is 38.6 Å². The van der Waals surface area contributed by atoms with E-state index in [1.165, 1.54) is 12.8 Å². The lowest BCUT2D eigenvalue weighted by Crippen LogP contribution is -2.33. The summed E-state index contributed by atoms with van der Waals surface area (Å²) in [6.45, 7) is 3.03. The molecular formula is C10H18Br2O2. The summed E-state index contributed by atoms with van der Waals surface area (Å²) in [5.74, 6) is 0.514. The van der Waals surface area contributed by atoms with Crippen LogP contribution in [0.25, 0.3) is 0 Å². The zero-order chi connectivity index (χ0) is 10.4. The maximum Gasteiger partial charge on any atom is 0.158 e. The van der Waals surface area contributed by atoms with Crippen LogP contribution in [0.5, 0.6) is 0 Å². The third-order valence-corrected chi connectivity index (χ3v) is 4.15. The van der Waals surface area contributed by atoms with E-state index in [9.17, 15) is 0 Å². The van der Waals surface area contributed by atoms with Crippen LogP contribution in [0, 0.1) is 5.92 Å². The summed E-state index contributed by atoms with van der Waals surface area (Å²) in [6.07, 6.45) is 3.71. The van der Waals surface area contributed by atoms with Crippen LogP contribution in [0.4, 0.5) is 0 Å². The molecule has 1 rings (SSSR count). The molecule has 84 valence electrons. The molecule has 14 heavy (non-hydrogen) atoms. The van der Waals surface area contributed by atoms with Gasteiger partial charge in [-0.15, -0.1) is 0 Å². The summed E-state index contributed by atoms with van der Waals surface area (Å²) in [5, 5.41) is 1.84. The van der Waals surface area contributed by atoms with Gasteiger partial charge in [-0.05, 0) is 25.2 Å². The molecule has 0 aromatic heterocycles. The van der Waals surface area contributed by atoms with Crippen LogP contribution in [-0.4, -0.2) is 29.7 Å². The van der Waals surface area contributed by atoms with Crippen molar-refractivity contribution in [2.75, 3.05) is 17.3 Å². The third-order valence-electron chi connectivity index (χ3n) is 2.49. The van der Waals surface area contributed by atoms with Gasteiger partial charge in [-0.3, -0.25) is 0 Å². The number of halogens is 2. The van der Waals surface area contributed by atoms with Gasteiger partial charge in [0.15, 0.2) is 6.29 Å². The van der Waals surface area contributed by atoms with Gasteiger partial charge in [-0.2, -0.15) is 0 Å². The van der Waals surface area contributed by atoms with Crippen molar-refractivity contribution in [3.8, 4) is 0 Å². The van der Waals surface area contributed by atoms with Crippen molar-refractivity contribution in [2.24, 2.45) is 5.92 Å². The van der Waals surface area contributed by atoms with Crippen LogP contribution in [0.15, 0.2) is 0 Å². The second-order valence-electron chi connectivity index (χ2n) is 3.76. The lowest BCUT2D eigenvalue weighted by atomic mass is 10.1.